The third kappa shape index (κ3) is 5.69. The van der Waals surface area contributed by atoms with Crippen molar-refractivity contribution < 1.29 is 36.7 Å². The average Bonchev–Trinajstić information content (AvgIpc) is 3.11. The first-order valence-electron chi connectivity index (χ1n) is 7.38. The van der Waals surface area contributed by atoms with Crippen LogP contribution in [0, 0.1) is 5.92 Å². The molecule has 3 amide bonds. The monoisotopic (exact) mass is 363 g/mol. The molecule has 11 heteroatoms. The molecule has 2 heterocycles. The molecule has 0 unspecified atom stereocenters. The molecular weight excluding hydrogens is 347 g/mol. The zero-order valence-corrected chi connectivity index (χ0v) is 13.0. The number of amides is 3. The highest BCUT2D eigenvalue weighted by Gasteiger charge is 2.33. The fraction of sp³-hybridized carbons (Fsp3) is 0.500. The number of ether oxygens (including phenoxy) is 1. The van der Waals surface area contributed by atoms with Crippen LogP contribution in [0.25, 0.3) is 0 Å². The molecule has 0 aromatic carbocycles. The molecule has 25 heavy (non-hydrogen) atoms. The van der Waals surface area contributed by atoms with Gasteiger partial charge in [0.05, 0.1) is 6.26 Å². The summed E-state index contributed by atoms with van der Waals surface area (Å²) in [6.07, 6.45) is -3.86. The van der Waals surface area contributed by atoms with Gasteiger partial charge in [-0.05, 0) is 25.0 Å². The van der Waals surface area contributed by atoms with Crippen LogP contribution in [-0.4, -0.2) is 48.7 Å². The van der Waals surface area contributed by atoms with E-state index in [1.54, 1.807) is 0 Å². The van der Waals surface area contributed by atoms with Crippen LogP contribution in [0.2, 0.25) is 0 Å². The van der Waals surface area contributed by atoms with E-state index in [0.29, 0.717) is 0 Å². The maximum absolute atomic E-state index is 12.0. The van der Waals surface area contributed by atoms with Gasteiger partial charge >= 0.3 is 18.2 Å². The second-order valence-electron chi connectivity index (χ2n) is 5.35. The number of nitrogens with zero attached hydrogens (tertiary/aromatic N) is 1. The highest BCUT2D eigenvalue weighted by Crippen LogP contribution is 2.19. The molecule has 0 atom stereocenters. The largest absolute Gasteiger partial charge is 0.459 e. The van der Waals surface area contributed by atoms with E-state index < -0.39 is 36.6 Å². The lowest BCUT2D eigenvalue weighted by atomic mass is 9.96. The van der Waals surface area contributed by atoms with Gasteiger partial charge in [0.2, 0.25) is 5.91 Å². The number of likely N-dealkylation sites (tertiary alicyclic amines) is 1. The Hall–Kier alpha value is -2.72. The summed E-state index contributed by atoms with van der Waals surface area (Å²) in [6, 6.07) is 2.94. The molecular formula is C14H16F3N3O5. The Morgan fingerprint density at radius 3 is 2.48 bits per heavy atom. The molecule has 0 aliphatic carbocycles. The van der Waals surface area contributed by atoms with E-state index in [2.05, 4.69) is 15.6 Å². The molecule has 0 saturated carbocycles. The number of rotatable bonds is 3. The van der Waals surface area contributed by atoms with Crippen LogP contribution in [0.1, 0.15) is 23.4 Å². The Morgan fingerprint density at radius 1 is 1.24 bits per heavy atom. The highest BCUT2D eigenvalue weighted by molar-refractivity contribution is 5.93. The number of piperidine rings is 1. The number of hydrogen-bond acceptors (Lipinski definition) is 5. The number of hydrazine groups is 1. The first kappa shape index (κ1) is 18.6. The summed E-state index contributed by atoms with van der Waals surface area (Å²) < 4.78 is 45.1. The van der Waals surface area contributed by atoms with Gasteiger partial charge in [-0.3, -0.25) is 20.4 Å². The normalized spacial score (nSPS) is 15.6. The zero-order chi connectivity index (χ0) is 18.4. The molecule has 1 aliphatic rings. The lowest BCUT2D eigenvalue weighted by Crippen LogP contribution is -2.48. The van der Waals surface area contributed by atoms with Crippen LogP contribution >= 0.6 is 0 Å². The number of halogens is 3. The van der Waals surface area contributed by atoms with Crippen LogP contribution in [0.3, 0.4) is 0 Å². The van der Waals surface area contributed by atoms with Crippen molar-refractivity contribution in [1.29, 1.82) is 0 Å². The zero-order valence-electron chi connectivity index (χ0n) is 13.0. The van der Waals surface area contributed by atoms with Crippen molar-refractivity contribution in [3.63, 3.8) is 0 Å². The van der Waals surface area contributed by atoms with Gasteiger partial charge in [-0.1, -0.05) is 0 Å². The average molecular weight is 363 g/mol. The van der Waals surface area contributed by atoms with Gasteiger partial charge in [0.25, 0.3) is 0 Å². The molecule has 138 valence electrons. The minimum absolute atomic E-state index is 0.0301. The molecule has 0 spiro atoms. The van der Waals surface area contributed by atoms with Gasteiger partial charge in [0.1, 0.15) is 0 Å². The van der Waals surface area contributed by atoms with Gasteiger partial charge in [-0.25, -0.2) is 4.79 Å². The van der Waals surface area contributed by atoms with Crippen molar-refractivity contribution in [2.24, 2.45) is 5.92 Å². The number of carbonyl (C=O) groups excluding carboxylic acids is 3. The van der Waals surface area contributed by atoms with Crippen molar-refractivity contribution in [2.45, 2.75) is 19.0 Å². The first-order chi connectivity index (χ1) is 11.8. The van der Waals surface area contributed by atoms with Crippen LogP contribution in [0.15, 0.2) is 22.8 Å². The van der Waals surface area contributed by atoms with Gasteiger partial charge in [0, 0.05) is 19.0 Å². The van der Waals surface area contributed by atoms with Crippen LogP contribution < -0.4 is 10.9 Å². The first-order valence-corrected chi connectivity index (χ1v) is 7.38. The maximum Gasteiger partial charge on any atom is 0.422 e. The minimum atomic E-state index is -4.58. The van der Waals surface area contributed by atoms with E-state index in [9.17, 15) is 27.6 Å². The number of hydrogen-bond donors (Lipinski definition) is 2. The SMILES string of the molecule is O=C(NNC(=O)C1CCN(C(=O)OCC(F)(F)F)CC1)c1ccco1. The van der Waals surface area contributed by atoms with E-state index in [-0.39, 0.29) is 31.7 Å². The summed E-state index contributed by atoms with van der Waals surface area (Å²) in [6.45, 7) is -1.48. The van der Waals surface area contributed by atoms with E-state index in [1.165, 1.54) is 18.4 Å². The highest BCUT2D eigenvalue weighted by atomic mass is 19.4. The fourth-order valence-corrected chi connectivity index (χ4v) is 2.25. The molecule has 0 radical (unpaired) electrons. The number of carbonyl (C=O) groups is 3. The summed E-state index contributed by atoms with van der Waals surface area (Å²) in [5, 5.41) is 0. The summed E-state index contributed by atoms with van der Waals surface area (Å²) >= 11 is 0. The third-order valence-corrected chi connectivity index (χ3v) is 3.53. The Bertz CT molecular complexity index is 610. The number of alkyl halides is 3. The molecule has 8 nitrogen and oxygen atoms in total. The fourth-order valence-electron chi connectivity index (χ4n) is 2.25. The van der Waals surface area contributed by atoms with E-state index in [0.717, 1.165) is 4.90 Å². The summed E-state index contributed by atoms with van der Waals surface area (Å²) in [5.41, 5.74) is 4.44. The second kappa shape index (κ2) is 7.90. The predicted molar refractivity (Wildman–Crippen MR) is 76.0 cm³/mol. The van der Waals surface area contributed by atoms with Crippen LogP contribution in [-0.2, 0) is 9.53 Å². The van der Waals surface area contributed by atoms with Crippen LogP contribution in [0.5, 0.6) is 0 Å². The summed E-state index contributed by atoms with van der Waals surface area (Å²) in [5.74, 6) is -1.53. The number of nitrogens with one attached hydrogen (secondary N) is 2. The van der Waals surface area contributed by atoms with Crippen molar-refractivity contribution >= 4 is 17.9 Å². The maximum atomic E-state index is 12.0. The van der Waals surface area contributed by atoms with Crippen LogP contribution in [0.4, 0.5) is 18.0 Å². The van der Waals surface area contributed by atoms with E-state index in [1.807, 2.05) is 0 Å². The Kier molecular flexibility index (Phi) is 5.88. The Balaban J connectivity index is 1.71. The van der Waals surface area contributed by atoms with Gasteiger partial charge in [-0.15, -0.1) is 0 Å². The van der Waals surface area contributed by atoms with Crippen molar-refractivity contribution in [3.05, 3.63) is 24.2 Å². The summed E-state index contributed by atoms with van der Waals surface area (Å²) in [7, 11) is 0. The molecule has 2 N–H and O–H groups in total. The predicted octanol–water partition coefficient (Wildman–Crippen LogP) is 1.45. The van der Waals surface area contributed by atoms with E-state index in [4.69, 9.17) is 4.42 Å². The smallest absolute Gasteiger partial charge is 0.422 e. The number of furan rings is 1. The van der Waals surface area contributed by atoms with E-state index >= 15 is 0 Å². The molecule has 1 aliphatic heterocycles. The Morgan fingerprint density at radius 2 is 1.92 bits per heavy atom. The molecule has 1 saturated heterocycles. The molecule has 2 rings (SSSR count). The minimum Gasteiger partial charge on any atom is -0.459 e. The third-order valence-electron chi connectivity index (χ3n) is 3.53. The molecule has 1 aromatic rings. The van der Waals surface area contributed by atoms with Gasteiger partial charge in [-0.2, -0.15) is 13.2 Å². The lowest BCUT2D eigenvalue weighted by molar-refractivity contribution is -0.162. The van der Waals surface area contributed by atoms with Crippen molar-refractivity contribution in [3.8, 4) is 0 Å². The van der Waals surface area contributed by atoms with Gasteiger partial charge < -0.3 is 14.1 Å². The standard InChI is InChI=1S/C14H16F3N3O5/c15-14(16,17)8-25-13(23)20-5-3-9(4-6-20)11(21)18-19-12(22)10-2-1-7-24-10/h1-2,7,9H,3-6,8H2,(H,18,21)(H,19,22). The quantitative estimate of drug-likeness (QED) is 0.792. The van der Waals surface area contributed by atoms with Gasteiger partial charge in [0.15, 0.2) is 12.4 Å². The summed E-state index contributed by atoms with van der Waals surface area (Å²) in [4.78, 5) is 36.2. The van der Waals surface area contributed by atoms with Crippen molar-refractivity contribution in [2.75, 3.05) is 19.7 Å². The topological polar surface area (TPSA) is 101 Å². The van der Waals surface area contributed by atoms with Crippen molar-refractivity contribution in [1.82, 2.24) is 15.8 Å². The molecule has 1 fully saturated rings. The lowest BCUT2D eigenvalue weighted by Gasteiger charge is -2.30. The molecule has 1 aromatic heterocycles. The molecule has 0 bridgehead atoms. The second-order valence-corrected chi connectivity index (χ2v) is 5.35. The Labute approximate surface area is 140 Å².